The van der Waals surface area contributed by atoms with Crippen molar-refractivity contribution in [3.8, 4) is 0 Å². The van der Waals surface area contributed by atoms with E-state index in [0.29, 0.717) is 6.42 Å². The van der Waals surface area contributed by atoms with Gasteiger partial charge in [0.1, 0.15) is 12.2 Å². The third kappa shape index (κ3) is 9.44. The highest BCUT2D eigenvalue weighted by molar-refractivity contribution is 5.92. The zero-order valence-corrected chi connectivity index (χ0v) is 27.3. The first-order valence-electron chi connectivity index (χ1n) is 15.5. The molecular weight excluding hydrogens is 652 g/mol. The molecule has 0 unspecified atom stereocenters. The van der Waals surface area contributed by atoms with Crippen LogP contribution in [0.1, 0.15) is 13.3 Å². The van der Waals surface area contributed by atoms with Crippen molar-refractivity contribution in [2.75, 3.05) is 53.2 Å². The SMILES string of the molecule is C=C[C@H]1[C@H](O[C@@H]2O[C@H](CO)[C@@H](O)C(O)(O)[C@H]2OCC)OC=C(C(=O)OC)[C@H]1/C=C/C1=CN(CCO)CC(C(=O)O)=C1NC(N)=NCCCO. The molecule has 0 spiro atoms. The number of aliphatic hydroxyl groups excluding tert-OH is 4. The molecule has 0 aromatic rings. The van der Waals surface area contributed by atoms with Gasteiger partial charge in [0.25, 0.3) is 0 Å². The summed E-state index contributed by atoms with van der Waals surface area (Å²) in [6.07, 6.45) is -0.521. The van der Waals surface area contributed by atoms with Crippen LogP contribution >= 0.6 is 0 Å². The molecule has 0 aromatic carbocycles. The van der Waals surface area contributed by atoms with Crippen LogP contribution in [-0.4, -0.2) is 148 Å². The van der Waals surface area contributed by atoms with Gasteiger partial charge in [0.15, 0.2) is 18.4 Å². The molecule has 0 aromatic heterocycles. The number of aliphatic imine (C=N–C) groups is 1. The van der Waals surface area contributed by atoms with Crippen LogP contribution in [0.25, 0.3) is 0 Å². The number of aliphatic hydroxyl groups is 6. The van der Waals surface area contributed by atoms with Gasteiger partial charge >= 0.3 is 11.9 Å². The molecule has 10 N–H and O–H groups in total. The number of β-amino-alcohol motifs (C(OH)–C–C–N with tert-alkyl or cyclic N) is 1. The number of nitrogens with two attached hydrogens (primary N) is 1. The second-order valence-electron chi connectivity index (χ2n) is 11.1. The quantitative estimate of drug-likeness (QED) is 0.0199. The number of allylic oxidation sites excluding steroid dienone is 2. The number of esters is 1. The zero-order chi connectivity index (χ0) is 36.3. The van der Waals surface area contributed by atoms with Crippen molar-refractivity contribution in [3.63, 3.8) is 0 Å². The summed E-state index contributed by atoms with van der Waals surface area (Å²) in [5.41, 5.74) is 6.33. The predicted molar refractivity (Wildman–Crippen MR) is 169 cm³/mol. The summed E-state index contributed by atoms with van der Waals surface area (Å²) >= 11 is 0. The molecular formula is C31H46N4O14. The minimum Gasteiger partial charge on any atom is -0.478 e. The van der Waals surface area contributed by atoms with Crippen molar-refractivity contribution in [1.29, 1.82) is 0 Å². The number of ether oxygens (including phenoxy) is 5. The normalized spacial score (nSPS) is 28.9. The maximum Gasteiger partial charge on any atom is 0.337 e. The molecule has 0 saturated carbocycles. The van der Waals surface area contributed by atoms with E-state index in [2.05, 4.69) is 16.9 Å². The number of rotatable bonds is 16. The molecule has 3 aliphatic rings. The topological polar surface area (TPSA) is 276 Å². The molecule has 1 saturated heterocycles. The Kier molecular flexibility index (Phi) is 14.7. The highest BCUT2D eigenvalue weighted by atomic mass is 16.8. The molecule has 3 rings (SSSR count). The average molecular weight is 699 g/mol. The minimum atomic E-state index is -2.90. The van der Waals surface area contributed by atoms with Crippen LogP contribution in [0.2, 0.25) is 0 Å². The first-order valence-corrected chi connectivity index (χ1v) is 15.5. The standard InChI is InChI=1S/C31H46N4O14/c1-4-18-19(8-7-17-13-35(10-12-37)14-20(26(40)41)23(17)34-30(32)33-9-6-11-36)21(27(42)45-3)16-47-28(18)49-29-25(46-5-2)31(43,44)24(39)22(15-38)48-29/h4,7-8,13,16,18-19,22,24-25,28-29,36-39,43-44H,1,5-6,9-12,14-15H2,2-3H3,(H,40,41)(H3,32,33,34)/b8-7+/t18-,19+,22-,24-,25+,28+,29+/m1/s1. The fraction of sp³-hybridized carbons (Fsp3) is 0.581. The molecule has 3 heterocycles. The van der Waals surface area contributed by atoms with Gasteiger partial charge < -0.3 is 75.4 Å². The van der Waals surface area contributed by atoms with Crippen LogP contribution < -0.4 is 11.1 Å². The van der Waals surface area contributed by atoms with Crippen molar-refractivity contribution in [2.24, 2.45) is 22.6 Å². The van der Waals surface area contributed by atoms with Gasteiger partial charge in [-0.3, -0.25) is 4.99 Å². The Balaban J connectivity index is 2.05. The number of carbonyl (C=O) groups excluding carboxylic acids is 1. The number of nitrogens with zero attached hydrogens (tertiary/aromatic N) is 2. The maximum atomic E-state index is 12.9. The fourth-order valence-corrected chi connectivity index (χ4v) is 5.45. The fourth-order valence-electron chi connectivity index (χ4n) is 5.45. The Bertz CT molecular complexity index is 1330. The van der Waals surface area contributed by atoms with E-state index in [9.17, 15) is 40.2 Å². The number of aliphatic carboxylic acids is 1. The van der Waals surface area contributed by atoms with Crippen LogP contribution in [0.3, 0.4) is 0 Å². The lowest BCUT2D eigenvalue weighted by molar-refractivity contribution is -0.410. The van der Waals surface area contributed by atoms with Gasteiger partial charge in [0, 0.05) is 44.0 Å². The predicted octanol–water partition coefficient (Wildman–Crippen LogP) is -2.63. The Morgan fingerprint density at radius 2 is 1.98 bits per heavy atom. The van der Waals surface area contributed by atoms with E-state index < -0.39 is 67.1 Å². The van der Waals surface area contributed by atoms with Crippen molar-refractivity contribution >= 4 is 17.9 Å². The lowest BCUT2D eigenvalue weighted by Crippen LogP contribution is -2.68. The minimum absolute atomic E-state index is 0.0161. The molecule has 3 aliphatic heterocycles. The van der Waals surface area contributed by atoms with Crippen molar-refractivity contribution < 1.29 is 69.0 Å². The van der Waals surface area contributed by atoms with Gasteiger partial charge in [-0.25, -0.2) is 9.59 Å². The molecule has 18 nitrogen and oxygen atoms in total. The smallest absolute Gasteiger partial charge is 0.337 e. The molecule has 0 bridgehead atoms. The number of carboxylic acids is 1. The van der Waals surface area contributed by atoms with E-state index in [0.717, 1.165) is 6.26 Å². The van der Waals surface area contributed by atoms with Crippen molar-refractivity contribution in [1.82, 2.24) is 10.2 Å². The number of methoxy groups -OCH3 is 1. The highest BCUT2D eigenvalue weighted by Gasteiger charge is 2.57. The first-order chi connectivity index (χ1) is 23.4. The number of carbonyl (C=O) groups is 2. The lowest BCUT2D eigenvalue weighted by Gasteiger charge is -2.47. The zero-order valence-electron chi connectivity index (χ0n) is 27.3. The number of hydrogen-bond donors (Lipinski definition) is 9. The van der Waals surface area contributed by atoms with Crippen molar-refractivity contribution in [3.05, 3.63) is 59.7 Å². The Hall–Kier alpha value is -3.85. The van der Waals surface area contributed by atoms with E-state index in [4.69, 9.17) is 34.5 Å². The number of guanidine groups is 1. The molecule has 18 heteroatoms. The van der Waals surface area contributed by atoms with Gasteiger partial charge in [-0.2, -0.15) is 0 Å². The van der Waals surface area contributed by atoms with E-state index in [1.54, 1.807) is 24.1 Å². The van der Waals surface area contributed by atoms with Crippen molar-refractivity contribution in [2.45, 2.75) is 50.0 Å². The van der Waals surface area contributed by atoms with Crippen LogP contribution in [0, 0.1) is 11.8 Å². The summed E-state index contributed by atoms with van der Waals surface area (Å²) in [4.78, 5) is 30.9. The maximum absolute atomic E-state index is 12.9. The van der Waals surface area contributed by atoms with Crippen LogP contribution in [0.15, 0.2) is 64.7 Å². The second-order valence-corrected chi connectivity index (χ2v) is 11.1. The molecule has 49 heavy (non-hydrogen) atoms. The van der Waals surface area contributed by atoms with Crippen LogP contribution in [-0.2, 0) is 33.3 Å². The third-order valence-electron chi connectivity index (χ3n) is 7.92. The summed E-state index contributed by atoms with van der Waals surface area (Å²) in [5.74, 6) is -6.86. The first kappa shape index (κ1) is 39.6. The molecule has 0 radical (unpaired) electrons. The van der Waals surface area contributed by atoms with Crippen LogP contribution in [0.4, 0.5) is 0 Å². The second kappa shape index (κ2) is 18.2. The number of hydrogen-bond acceptors (Lipinski definition) is 15. The van der Waals surface area contributed by atoms with E-state index >= 15 is 0 Å². The molecule has 1 fully saturated rings. The summed E-state index contributed by atoms with van der Waals surface area (Å²) in [6.45, 7) is 4.38. The van der Waals surface area contributed by atoms with Gasteiger partial charge in [-0.1, -0.05) is 18.2 Å². The highest BCUT2D eigenvalue weighted by Crippen LogP contribution is 2.38. The monoisotopic (exact) mass is 698 g/mol. The summed E-state index contributed by atoms with van der Waals surface area (Å²) in [5, 5.41) is 73.1. The Morgan fingerprint density at radius 1 is 1.24 bits per heavy atom. The number of carboxylic acid groups (broad SMARTS) is 1. The summed E-state index contributed by atoms with van der Waals surface area (Å²) in [6, 6.07) is 0. The van der Waals surface area contributed by atoms with E-state index in [1.165, 1.54) is 19.3 Å². The van der Waals surface area contributed by atoms with Gasteiger partial charge in [-0.15, -0.1) is 6.58 Å². The molecule has 274 valence electrons. The molecule has 0 aliphatic carbocycles. The summed E-state index contributed by atoms with van der Waals surface area (Å²) < 4.78 is 27.8. The van der Waals surface area contributed by atoms with Crippen LogP contribution in [0.5, 0.6) is 0 Å². The third-order valence-corrected chi connectivity index (χ3v) is 7.92. The Labute approximate surface area is 282 Å². The largest absolute Gasteiger partial charge is 0.478 e. The lowest BCUT2D eigenvalue weighted by atomic mass is 9.83. The Morgan fingerprint density at radius 3 is 2.57 bits per heavy atom. The van der Waals surface area contributed by atoms with E-state index in [-0.39, 0.29) is 67.8 Å². The van der Waals surface area contributed by atoms with Gasteiger partial charge in [-0.05, 0) is 13.3 Å². The average Bonchev–Trinajstić information content (AvgIpc) is 3.07. The van der Waals surface area contributed by atoms with Gasteiger partial charge in [0.2, 0.25) is 12.1 Å². The number of nitrogens with one attached hydrogen (secondary N) is 1. The molecule has 0 amide bonds. The summed E-state index contributed by atoms with van der Waals surface area (Å²) in [7, 11) is 1.17. The van der Waals surface area contributed by atoms with Gasteiger partial charge in [0.05, 0.1) is 55.9 Å². The molecule has 7 atom stereocenters. The van der Waals surface area contributed by atoms with E-state index in [1.807, 2.05) is 0 Å².